The molecule has 1 aromatic carbocycles. The van der Waals surface area contributed by atoms with Crippen molar-refractivity contribution in [3.63, 3.8) is 0 Å². The van der Waals surface area contributed by atoms with E-state index in [1.807, 2.05) is 49.3 Å². The van der Waals surface area contributed by atoms with Crippen LogP contribution < -0.4 is 0 Å². The molecule has 0 saturated carbocycles. The summed E-state index contributed by atoms with van der Waals surface area (Å²) in [6.45, 7) is 0. The molecular weight excluding hydrogens is 204 g/mol. The number of amidine groups is 1. The number of hydrogen-bond donors (Lipinski definition) is 0. The zero-order valence-electron chi connectivity index (χ0n) is 9.60. The quantitative estimate of drug-likeness (QED) is 0.696. The van der Waals surface area contributed by atoms with Gasteiger partial charge in [-0.2, -0.15) is 0 Å². The number of carbonyl (C=O) groups excluding carboxylic acids is 1. The van der Waals surface area contributed by atoms with Crippen LogP contribution in [0.15, 0.2) is 35.3 Å². The fourth-order valence-corrected chi connectivity index (χ4v) is 1.83. The zero-order chi connectivity index (χ0) is 11.8. The van der Waals surface area contributed by atoms with Crippen LogP contribution >= 0.6 is 0 Å². The summed E-state index contributed by atoms with van der Waals surface area (Å²) in [5.74, 6) is 0.410. The molecule has 84 valence electrons. The smallest absolute Gasteiger partial charge is 0.346 e. The first kappa shape index (κ1) is 10.7. The highest BCUT2D eigenvalue weighted by Crippen LogP contribution is 2.41. The molecule has 0 spiro atoms. The molecule has 4 nitrogen and oxygen atoms in total. The lowest BCUT2D eigenvalue weighted by molar-refractivity contribution is -0.143. The van der Waals surface area contributed by atoms with Crippen molar-refractivity contribution in [3.8, 4) is 0 Å². The van der Waals surface area contributed by atoms with E-state index in [-0.39, 0.29) is 5.97 Å². The lowest BCUT2D eigenvalue weighted by atomic mass is 9.96. The van der Waals surface area contributed by atoms with Crippen molar-refractivity contribution >= 4 is 11.8 Å². The summed E-state index contributed by atoms with van der Waals surface area (Å²) in [5.41, 5.74) is -0.0509. The first-order chi connectivity index (χ1) is 7.63. The molecule has 0 bridgehead atoms. The number of carbonyl (C=O) groups is 1. The third-order valence-electron chi connectivity index (χ3n) is 2.64. The molecule has 1 heterocycles. The number of rotatable bonds is 2. The molecule has 0 N–H and O–H groups in total. The van der Waals surface area contributed by atoms with Gasteiger partial charge in [0, 0.05) is 14.1 Å². The molecule has 1 unspecified atom stereocenters. The number of ether oxygens (including phenoxy) is 1. The van der Waals surface area contributed by atoms with Gasteiger partial charge in [0.2, 0.25) is 5.54 Å². The van der Waals surface area contributed by atoms with Crippen LogP contribution in [0.25, 0.3) is 0 Å². The molecule has 1 aromatic rings. The molecule has 4 heteroatoms. The largest absolute Gasteiger partial charge is 0.467 e. The van der Waals surface area contributed by atoms with Gasteiger partial charge in [0.25, 0.3) is 0 Å². The van der Waals surface area contributed by atoms with Crippen molar-refractivity contribution in [1.29, 1.82) is 0 Å². The second-order valence-corrected chi connectivity index (χ2v) is 3.90. The summed E-state index contributed by atoms with van der Waals surface area (Å²) >= 11 is 0. The van der Waals surface area contributed by atoms with Gasteiger partial charge < -0.3 is 9.64 Å². The molecule has 0 aromatic heterocycles. The Morgan fingerprint density at radius 2 is 1.94 bits per heavy atom. The highest BCUT2D eigenvalue weighted by molar-refractivity contribution is 6.20. The van der Waals surface area contributed by atoms with E-state index in [0.29, 0.717) is 0 Å². The van der Waals surface area contributed by atoms with Crippen molar-refractivity contribution in [2.24, 2.45) is 4.99 Å². The highest BCUT2D eigenvalue weighted by atomic mass is 16.5. The normalized spacial score (nSPS) is 22.3. The third-order valence-corrected chi connectivity index (χ3v) is 2.64. The summed E-state index contributed by atoms with van der Waals surface area (Å²) in [5, 5.41) is 0. The molecule has 0 radical (unpaired) electrons. The van der Waals surface area contributed by atoms with E-state index in [1.165, 1.54) is 7.11 Å². The summed E-state index contributed by atoms with van der Waals surface area (Å²) < 4.78 is 4.83. The SMILES string of the molecule is COC(=O)C1(c2ccccc2)N=C1N(C)C. The Kier molecular flexibility index (Phi) is 2.42. The topological polar surface area (TPSA) is 41.9 Å². The van der Waals surface area contributed by atoms with Crippen molar-refractivity contribution < 1.29 is 9.53 Å². The van der Waals surface area contributed by atoms with Crippen LogP contribution in [0, 0.1) is 0 Å². The van der Waals surface area contributed by atoms with Crippen LogP contribution in [-0.2, 0) is 15.1 Å². The fraction of sp³-hybridized carbons (Fsp3) is 0.333. The van der Waals surface area contributed by atoms with Crippen molar-refractivity contribution in [3.05, 3.63) is 35.9 Å². The molecule has 0 aliphatic carbocycles. The summed E-state index contributed by atoms with van der Waals surface area (Å²) in [6, 6.07) is 9.46. The minimum absolute atomic E-state index is 0.331. The van der Waals surface area contributed by atoms with Gasteiger partial charge in [0.05, 0.1) is 7.11 Å². The molecule has 0 amide bonds. The number of benzene rings is 1. The fourth-order valence-electron chi connectivity index (χ4n) is 1.83. The predicted octanol–water partition coefficient (Wildman–Crippen LogP) is 1.03. The van der Waals surface area contributed by atoms with Crippen molar-refractivity contribution in [2.45, 2.75) is 5.54 Å². The Morgan fingerprint density at radius 1 is 1.31 bits per heavy atom. The Morgan fingerprint density at radius 3 is 2.38 bits per heavy atom. The third kappa shape index (κ3) is 1.38. The first-order valence-electron chi connectivity index (χ1n) is 5.04. The van der Waals surface area contributed by atoms with Crippen LogP contribution in [0.5, 0.6) is 0 Å². The van der Waals surface area contributed by atoms with E-state index in [4.69, 9.17) is 4.74 Å². The van der Waals surface area contributed by atoms with E-state index in [0.717, 1.165) is 11.4 Å². The van der Waals surface area contributed by atoms with Crippen LogP contribution in [0.2, 0.25) is 0 Å². The van der Waals surface area contributed by atoms with Crippen LogP contribution in [-0.4, -0.2) is 37.9 Å². The minimum Gasteiger partial charge on any atom is -0.467 e. The molecule has 1 atom stereocenters. The van der Waals surface area contributed by atoms with Gasteiger partial charge in [0.1, 0.15) is 5.84 Å². The number of methoxy groups -OCH3 is 1. The van der Waals surface area contributed by atoms with Crippen molar-refractivity contribution in [1.82, 2.24) is 4.90 Å². The van der Waals surface area contributed by atoms with E-state index >= 15 is 0 Å². The van der Waals surface area contributed by atoms with Gasteiger partial charge in [-0.3, -0.25) is 0 Å². The lowest BCUT2D eigenvalue weighted by Gasteiger charge is -2.16. The zero-order valence-corrected chi connectivity index (χ0v) is 9.60. The summed E-state index contributed by atoms with van der Waals surface area (Å²) in [6.07, 6.45) is 0. The van der Waals surface area contributed by atoms with Crippen LogP contribution in [0.3, 0.4) is 0 Å². The van der Waals surface area contributed by atoms with Gasteiger partial charge in [0.15, 0.2) is 0 Å². The number of nitrogens with zero attached hydrogens (tertiary/aromatic N) is 2. The molecule has 1 aliphatic heterocycles. The van der Waals surface area contributed by atoms with Crippen LogP contribution in [0.1, 0.15) is 5.56 Å². The highest BCUT2D eigenvalue weighted by Gasteiger charge is 2.58. The maximum atomic E-state index is 11.8. The lowest BCUT2D eigenvalue weighted by Crippen LogP contribution is -2.35. The van der Waals surface area contributed by atoms with E-state index in [1.54, 1.807) is 0 Å². The van der Waals surface area contributed by atoms with Crippen LogP contribution in [0.4, 0.5) is 0 Å². The minimum atomic E-state index is -0.903. The number of hydrogen-bond acceptors (Lipinski definition) is 4. The monoisotopic (exact) mass is 218 g/mol. The Labute approximate surface area is 94.5 Å². The second kappa shape index (κ2) is 3.63. The molecule has 2 rings (SSSR count). The summed E-state index contributed by atoms with van der Waals surface area (Å²) in [4.78, 5) is 18.0. The maximum Gasteiger partial charge on any atom is 0.346 e. The van der Waals surface area contributed by atoms with Gasteiger partial charge in [-0.25, -0.2) is 9.79 Å². The average molecular weight is 218 g/mol. The first-order valence-corrected chi connectivity index (χ1v) is 5.04. The van der Waals surface area contributed by atoms with Crippen molar-refractivity contribution in [2.75, 3.05) is 21.2 Å². The summed E-state index contributed by atoms with van der Waals surface area (Å²) in [7, 11) is 5.12. The van der Waals surface area contributed by atoms with Gasteiger partial charge in [-0.05, 0) is 5.56 Å². The Bertz CT molecular complexity index is 440. The number of likely N-dealkylation sites (N-methyl/N-ethyl adjacent to an activating group) is 1. The van der Waals surface area contributed by atoms with E-state index in [9.17, 15) is 4.79 Å². The Hall–Kier alpha value is -1.84. The van der Waals surface area contributed by atoms with Gasteiger partial charge >= 0.3 is 5.97 Å². The van der Waals surface area contributed by atoms with E-state index in [2.05, 4.69) is 4.99 Å². The average Bonchev–Trinajstić information content (AvgIpc) is 3.06. The second-order valence-electron chi connectivity index (χ2n) is 3.90. The van der Waals surface area contributed by atoms with Gasteiger partial charge in [-0.1, -0.05) is 30.3 Å². The van der Waals surface area contributed by atoms with Gasteiger partial charge in [-0.15, -0.1) is 0 Å². The van der Waals surface area contributed by atoms with E-state index < -0.39 is 5.54 Å². The molecule has 16 heavy (non-hydrogen) atoms. The Balaban J connectivity index is 2.37. The molecule has 1 aliphatic rings. The number of esters is 1. The predicted molar refractivity (Wildman–Crippen MR) is 61.3 cm³/mol. The molecule has 0 saturated heterocycles. The number of aliphatic imine (C=N–C) groups is 1. The maximum absolute atomic E-state index is 11.8. The standard InChI is InChI=1S/C12H14N2O2/c1-14(2)10-12(13-10,11(15)16-3)9-7-5-4-6-8-9/h4-8H,1-3H3. The molecular formula is C12H14N2O2. The molecule has 0 fully saturated rings.